The molecule has 68 valence electrons. The van der Waals surface area contributed by atoms with Crippen molar-refractivity contribution in [1.29, 1.82) is 0 Å². The highest BCUT2D eigenvalue weighted by molar-refractivity contribution is 6.28. The molecule has 0 saturated heterocycles. The van der Waals surface area contributed by atoms with E-state index in [4.69, 9.17) is 5.73 Å². The smallest absolute Gasteiger partial charge is 0.437 e. The summed E-state index contributed by atoms with van der Waals surface area (Å²) in [5.74, 6) is 0.990. The molecule has 0 aromatic rings. The lowest BCUT2D eigenvalue weighted by atomic mass is 10.3. The van der Waals surface area contributed by atoms with Crippen LogP contribution < -0.4 is 5.73 Å². The molecule has 1 rings (SSSR count). The first-order chi connectivity index (χ1) is 6.19. The van der Waals surface area contributed by atoms with Crippen molar-refractivity contribution in [1.82, 2.24) is 0 Å². The first-order valence-corrected chi connectivity index (χ1v) is 3.11. The van der Waals surface area contributed by atoms with Crippen LogP contribution in [-0.4, -0.2) is 30.9 Å². The van der Waals surface area contributed by atoms with Crippen molar-refractivity contribution < 1.29 is 19.1 Å². The molecule has 1 aliphatic rings. The van der Waals surface area contributed by atoms with Gasteiger partial charge in [0.25, 0.3) is 5.90 Å². The van der Waals surface area contributed by atoms with Crippen molar-refractivity contribution >= 4 is 23.8 Å². The number of nitrogens with zero attached hydrogens (tertiary/aromatic N) is 2. The van der Waals surface area contributed by atoms with E-state index in [-0.39, 0.29) is 17.3 Å². The van der Waals surface area contributed by atoms with E-state index in [9.17, 15) is 9.59 Å². The van der Waals surface area contributed by atoms with Gasteiger partial charge in [0.05, 0.1) is 7.11 Å². The number of rotatable bonds is 0. The number of methoxy groups -OCH3 is 1. The Bertz CT molecular complexity index is 351. The average Bonchev–Trinajstić information content (AvgIpc) is 2.46. The predicted octanol–water partition coefficient (Wildman–Crippen LogP) is -0.788. The van der Waals surface area contributed by atoms with Crippen LogP contribution in [0.1, 0.15) is 0 Å². The number of carbonyl (C=O) groups is 1. The zero-order chi connectivity index (χ0) is 9.84. The minimum absolute atomic E-state index is 0.145. The summed E-state index contributed by atoms with van der Waals surface area (Å²) in [6.07, 6.45) is -1.00. The molecule has 2 N–H and O–H groups in total. The lowest BCUT2D eigenvalue weighted by molar-refractivity contribution is 0.118. The number of hydrogen-bond acceptors (Lipinski definition) is 7. The lowest BCUT2D eigenvalue weighted by Crippen LogP contribution is -2.21. The van der Waals surface area contributed by atoms with Crippen molar-refractivity contribution in [2.24, 2.45) is 15.9 Å². The molecule has 0 atom stereocenters. The Hall–Kier alpha value is -2.14. The van der Waals surface area contributed by atoms with Crippen LogP contribution in [-0.2, 0) is 14.3 Å². The fourth-order valence-corrected chi connectivity index (χ4v) is 0.597. The molecule has 0 bridgehead atoms. The second-order valence-corrected chi connectivity index (χ2v) is 1.92. The number of nitrogens with two attached hydrogens (primary N) is 1. The largest absolute Gasteiger partial charge is 0.515 e. The molecule has 7 nitrogen and oxygen atoms in total. The van der Waals surface area contributed by atoms with E-state index in [1.807, 2.05) is 0 Å². The highest BCUT2D eigenvalue weighted by Crippen LogP contribution is 2.06. The van der Waals surface area contributed by atoms with Crippen molar-refractivity contribution in [2.75, 3.05) is 7.11 Å². The van der Waals surface area contributed by atoms with Gasteiger partial charge >= 0.3 is 6.16 Å². The van der Waals surface area contributed by atoms with Gasteiger partial charge in [0.2, 0.25) is 0 Å². The number of ether oxygens (including phenoxy) is 2. The first-order valence-electron chi connectivity index (χ1n) is 3.11. The van der Waals surface area contributed by atoms with Crippen LogP contribution >= 0.6 is 0 Å². The summed E-state index contributed by atoms with van der Waals surface area (Å²) in [7, 11) is 1.12. The van der Waals surface area contributed by atoms with Gasteiger partial charge in [-0.3, -0.25) is 0 Å². The molecule has 0 amide bonds. The van der Waals surface area contributed by atoms with Gasteiger partial charge in [0.1, 0.15) is 5.94 Å². The van der Waals surface area contributed by atoms with Crippen LogP contribution in [0.15, 0.2) is 15.8 Å². The van der Waals surface area contributed by atoms with Gasteiger partial charge in [-0.15, -0.1) is 10.2 Å². The normalized spacial score (nSPS) is 14.4. The molecule has 0 aromatic heterocycles. The maximum absolute atomic E-state index is 10.6. The van der Waals surface area contributed by atoms with Crippen LogP contribution in [0.5, 0.6) is 0 Å². The van der Waals surface area contributed by atoms with Crippen LogP contribution in [0.25, 0.3) is 0 Å². The van der Waals surface area contributed by atoms with Crippen LogP contribution in [0, 0.1) is 0 Å². The van der Waals surface area contributed by atoms with Crippen molar-refractivity contribution in [3.63, 3.8) is 0 Å². The van der Waals surface area contributed by atoms with E-state index in [0.29, 0.717) is 0 Å². The third-order valence-corrected chi connectivity index (χ3v) is 1.17. The number of hydrogen-bond donors (Lipinski definition) is 1. The molecule has 1 aliphatic heterocycles. The SMILES string of the molecule is COC(=O)OC1=NN=C(N)C1=C=O. The highest BCUT2D eigenvalue weighted by Gasteiger charge is 2.23. The Morgan fingerprint density at radius 3 is 2.77 bits per heavy atom. The maximum Gasteiger partial charge on any atom is 0.515 e. The molecule has 0 radical (unpaired) electrons. The molecule has 7 heteroatoms. The van der Waals surface area contributed by atoms with Crippen molar-refractivity contribution in [2.45, 2.75) is 0 Å². The summed E-state index contributed by atoms with van der Waals surface area (Å²) in [4.78, 5) is 20.8. The van der Waals surface area contributed by atoms with Crippen molar-refractivity contribution in [3.8, 4) is 0 Å². The summed E-state index contributed by atoms with van der Waals surface area (Å²) < 4.78 is 8.59. The third kappa shape index (κ3) is 1.71. The lowest BCUT2D eigenvalue weighted by Gasteiger charge is -1.99. The van der Waals surface area contributed by atoms with Gasteiger partial charge < -0.3 is 15.2 Å². The van der Waals surface area contributed by atoms with E-state index < -0.39 is 6.16 Å². The fraction of sp³-hybridized carbons (Fsp3) is 0.167. The maximum atomic E-state index is 10.6. The number of amidine groups is 1. The highest BCUT2D eigenvalue weighted by atomic mass is 16.7. The Balaban J connectivity index is 2.77. The molecule has 0 saturated carbocycles. The molecule has 0 fully saturated rings. The Kier molecular flexibility index (Phi) is 2.41. The van der Waals surface area contributed by atoms with E-state index in [2.05, 4.69) is 19.7 Å². The standard InChI is InChI=1S/C6H5N3O4/c1-12-6(11)13-5-3(2-10)4(7)8-9-5/h1H3,(H2,7,8). The minimum Gasteiger partial charge on any atom is -0.437 e. The number of carbonyl (C=O) groups excluding carboxylic acids is 2. The van der Waals surface area contributed by atoms with Crippen LogP contribution in [0.2, 0.25) is 0 Å². The average molecular weight is 183 g/mol. The topological polar surface area (TPSA) is 103 Å². The van der Waals surface area contributed by atoms with E-state index in [1.54, 1.807) is 0 Å². The monoisotopic (exact) mass is 183 g/mol. The quantitative estimate of drug-likeness (QED) is 0.391. The molecular weight excluding hydrogens is 178 g/mol. The molecule has 0 aliphatic carbocycles. The van der Waals surface area contributed by atoms with Crippen LogP contribution in [0.3, 0.4) is 0 Å². The second kappa shape index (κ2) is 3.51. The van der Waals surface area contributed by atoms with Gasteiger partial charge in [0, 0.05) is 0 Å². The Morgan fingerprint density at radius 1 is 1.54 bits per heavy atom. The second-order valence-electron chi connectivity index (χ2n) is 1.92. The van der Waals surface area contributed by atoms with Crippen molar-refractivity contribution in [3.05, 3.63) is 5.57 Å². The molecule has 1 heterocycles. The predicted molar refractivity (Wildman–Crippen MR) is 41.8 cm³/mol. The Labute approximate surface area is 72.5 Å². The first kappa shape index (κ1) is 8.95. The molecule has 0 unspecified atom stereocenters. The summed E-state index contributed by atoms with van der Waals surface area (Å²) in [6.45, 7) is 0. The molecule has 13 heavy (non-hydrogen) atoms. The van der Waals surface area contributed by atoms with E-state index in [0.717, 1.165) is 7.11 Å². The zero-order valence-electron chi connectivity index (χ0n) is 6.60. The molecule has 0 aromatic carbocycles. The molecular formula is C6H5N3O4. The fourth-order valence-electron chi connectivity index (χ4n) is 0.597. The summed E-state index contributed by atoms with van der Waals surface area (Å²) in [5, 5.41) is 6.62. The van der Waals surface area contributed by atoms with Gasteiger partial charge in [-0.2, -0.15) is 0 Å². The van der Waals surface area contributed by atoms with Crippen LogP contribution in [0.4, 0.5) is 4.79 Å². The van der Waals surface area contributed by atoms with E-state index in [1.165, 1.54) is 5.94 Å². The van der Waals surface area contributed by atoms with Gasteiger partial charge in [0.15, 0.2) is 11.4 Å². The molecule has 0 spiro atoms. The van der Waals surface area contributed by atoms with Gasteiger partial charge in [-0.05, 0) is 0 Å². The Morgan fingerprint density at radius 2 is 2.23 bits per heavy atom. The van der Waals surface area contributed by atoms with Gasteiger partial charge in [-0.25, -0.2) is 9.59 Å². The third-order valence-electron chi connectivity index (χ3n) is 1.17. The minimum atomic E-state index is -1.00. The van der Waals surface area contributed by atoms with Gasteiger partial charge in [-0.1, -0.05) is 0 Å². The summed E-state index contributed by atoms with van der Waals surface area (Å²) >= 11 is 0. The summed E-state index contributed by atoms with van der Waals surface area (Å²) in [5.41, 5.74) is 5.01. The van der Waals surface area contributed by atoms with E-state index >= 15 is 0 Å². The summed E-state index contributed by atoms with van der Waals surface area (Å²) in [6, 6.07) is 0. The zero-order valence-corrected chi connectivity index (χ0v) is 6.60.